The third-order valence-corrected chi connectivity index (χ3v) is 2.30. The van der Waals surface area contributed by atoms with Crippen LogP contribution < -0.4 is 5.32 Å². The molecule has 0 aromatic heterocycles. The minimum Gasteiger partial charge on any atom is -0.314 e. The molecule has 0 aliphatic heterocycles. The average Bonchev–Trinajstić information content (AvgIpc) is 2.13. The highest BCUT2D eigenvalue weighted by molar-refractivity contribution is 4.96. The lowest BCUT2D eigenvalue weighted by Crippen LogP contribution is -2.30. The van der Waals surface area contributed by atoms with Crippen LogP contribution in [-0.2, 0) is 0 Å². The molecule has 0 spiro atoms. The number of nitrogens with one attached hydrogen (secondary N) is 1. The highest BCUT2D eigenvalue weighted by Crippen LogP contribution is 2.23. The van der Waals surface area contributed by atoms with Crippen molar-refractivity contribution in [1.29, 1.82) is 0 Å². The second-order valence-electron chi connectivity index (χ2n) is 3.72. The molecule has 0 aliphatic rings. The summed E-state index contributed by atoms with van der Waals surface area (Å²) >= 11 is 0. The summed E-state index contributed by atoms with van der Waals surface area (Å²) in [6, 6.07) is -0.0934. The van der Waals surface area contributed by atoms with E-state index in [4.69, 9.17) is 0 Å². The number of hydrogen-bond donors (Lipinski definition) is 1. The fraction of sp³-hybridized carbons (Fsp3) is 0.818. The Morgan fingerprint density at radius 3 is 2.33 bits per heavy atom. The van der Waals surface area contributed by atoms with Gasteiger partial charge >= 0.3 is 6.18 Å². The summed E-state index contributed by atoms with van der Waals surface area (Å²) in [6.45, 7) is 8.38. The van der Waals surface area contributed by atoms with Gasteiger partial charge in [-0.05, 0) is 25.8 Å². The molecule has 1 unspecified atom stereocenters. The maximum Gasteiger partial charge on any atom is 0.389 e. The van der Waals surface area contributed by atoms with E-state index >= 15 is 0 Å². The first-order valence-corrected chi connectivity index (χ1v) is 5.35. The fourth-order valence-electron chi connectivity index (χ4n) is 1.40. The Balaban J connectivity index is 3.98. The maximum absolute atomic E-state index is 12.0. The van der Waals surface area contributed by atoms with Gasteiger partial charge in [0.05, 0.1) is 0 Å². The van der Waals surface area contributed by atoms with Gasteiger partial charge in [-0.25, -0.2) is 0 Å². The van der Waals surface area contributed by atoms with Crippen molar-refractivity contribution >= 4 is 0 Å². The first kappa shape index (κ1) is 14.5. The van der Waals surface area contributed by atoms with Crippen LogP contribution in [0.4, 0.5) is 13.2 Å². The van der Waals surface area contributed by atoms with E-state index in [0.717, 1.165) is 12.0 Å². The topological polar surface area (TPSA) is 12.0 Å². The monoisotopic (exact) mass is 223 g/mol. The quantitative estimate of drug-likeness (QED) is 0.649. The lowest BCUT2D eigenvalue weighted by molar-refractivity contribution is -0.136. The SMILES string of the molecule is C=C(CC)CC(CCC(F)(F)F)NCC. The molecule has 0 bridgehead atoms. The van der Waals surface area contributed by atoms with E-state index in [1.807, 2.05) is 13.8 Å². The molecule has 90 valence electrons. The minimum absolute atomic E-state index is 0.0934. The molecule has 0 saturated carbocycles. The van der Waals surface area contributed by atoms with Crippen molar-refractivity contribution in [3.63, 3.8) is 0 Å². The second-order valence-corrected chi connectivity index (χ2v) is 3.72. The lowest BCUT2D eigenvalue weighted by Gasteiger charge is -2.19. The number of rotatable bonds is 7. The molecule has 0 aliphatic carbocycles. The predicted molar refractivity (Wildman–Crippen MR) is 56.8 cm³/mol. The van der Waals surface area contributed by atoms with Crippen molar-refractivity contribution < 1.29 is 13.2 Å². The number of alkyl halides is 3. The molecule has 0 aromatic carbocycles. The van der Waals surface area contributed by atoms with E-state index in [1.54, 1.807) is 0 Å². The van der Waals surface area contributed by atoms with Crippen LogP contribution >= 0.6 is 0 Å². The maximum atomic E-state index is 12.0. The summed E-state index contributed by atoms with van der Waals surface area (Å²) in [5, 5.41) is 3.06. The molecular weight excluding hydrogens is 203 g/mol. The predicted octanol–water partition coefficient (Wildman–Crippen LogP) is 3.66. The Bertz CT molecular complexity index is 187. The zero-order valence-electron chi connectivity index (χ0n) is 9.45. The summed E-state index contributed by atoms with van der Waals surface area (Å²) in [5.74, 6) is 0. The number of halogens is 3. The summed E-state index contributed by atoms with van der Waals surface area (Å²) in [6.07, 6.45) is -3.17. The van der Waals surface area contributed by atoms with Gasteiger partial charge in [0.15, 0.2) is 0 Å². The molecule has 0 radical (unpaired) electrons. The molecule has 1 atom stereocenters. The molecule has 0 rings (SSSR count). The molecule has 1 N–H and O–H groups in total. The fourth-order valence-corrected chi connectivity index (χ4v) is 1.40. The largest absolute Gasteiger partial charge is 0.389 e. The molecule has 0 amide bonds. The van der Waals surface area contributed by atoms with Gasteiger partial charge in [0.2, 0.25) is 0 Å². The second kappa shape index (κ2) is 6.88. The van der Waals surface area contributed by atoms with Gasteiger partial charge in [-0.2, -0.15) is 13.2 Å². The standard InChI is InChI=1S/C11H20F3N/c1-4-9(3)8-10(15-5-2)6-7-11(12,13)14/h10,15H,3-8H2,1-2H3. The van der Waals surface area contributed by atoms with E-state index in [2.05, 4.69) is 11.9 Å². The van der Waals surface area contributed by atoms with Crippen molar-refractivity contribution in [2.45, 2.75) is 51.7 Å². The van der Waals surface area contributed by atoms with Gasteiger partial charge in [-0.3, -0.25) is 0 Å². The highest BCUT2D eigenvalue weighted by atomic mass is 19.4. The van der Waals surface area contributed by atoms with Crippen LogP contribution in [0.25, 0.3) is 0 Å². The summed E-state index contributed by atoms with van der Waals surface area (Å²) in [7, 11) is 0. The van der Waals surface area contributed by atoms with Gasteiger partial charge in [-0.1, -0.05) is 26.0 Å². The molecular formula is C11H20F3N. The third-order valence-electron chi connectivity index (χ3n) is 2.30. The van der Waals surface area contributed by atoms with Gasteiger partial charge in [0.25, 0.3) is 0 Å². The average molecular weight is 223 g/mol. The van der Waals surface area contributed by atoms with Gasteiger partial charge < -0.3 is 5.32 Å². The van der Waals surface area contributed by atoms with E-state index < -0.39 is 12.6 Å². The van der Waals surface area contributed by atoms with Crippen LogP contribution in [0.3, 0.4) is 0 Å². The van der Waals surface area contributed by atoms with E-state index in [0.29, 0.717) is 13.0 Å². The van der Waals surface area contributed by atoms with Crippen molar-refractivity contribution in [1.82, 2.24) is 5.32 Å². The normalized spacial score (nSPS) is 13.9. The Morgan fingerprint density at radius 2 is 1.93 bits per heavy atom. The van der Waals surface area contributed by atoms with E-state index in [9.17, 15) is 13.2 Å². The summed E-state index contributed by atoms with van der Waals surface area (Å²) in [5.41, 5.74) is 1.00. The van der Waals surface area contributed by atoms with Crippen LogP contribution in [0.1, 0.15) is 39.5 Å². The zero-order chi connectivity index (χ0) is 11.9. The molecule has 0 aromatic rings. The van der Waals surface area contributed by atoms with E-state index in [-0.39, 0.29) is 12.5 Å². The van der Waals surface area contributed by atoms with Crippen molar-refractivity contribution in [3.05, 3.63) is 12.2 Å². The van der Waals surface area contributed by atoms with Gasteiger partial charge in [0, 0.05) is 12.5 Å². The molecule has 0 heterocycles. The van der Waals surface area contributed by atoms with Gasteiger partial charge in [-0.15, -0.1) is 0 Å². The van der Waals surface area contributed by atoms with Crippen LogP contribution in [0, 0.1) is 0 Å². The van der Waals surface area contributed by atoms with E-state index in [1.165, 1.54) is 0 Å². The lowest BCUT2D eigenvalue weighted by atomic mass is 10.0. The first-order chi connectivity index (χ1) is 6.89. The molecule has 4 heteroatoms. The minimum atomic E-state index is -4.05. The van der Waals surface area contributed by atoms with Crippen LogP contribution in [0.5, 0.6) is 0 Å². The Labute approximate surface area is 89.7 Å². The number of hydrogen-bond acceptors (Lipinski definition) is 1. The summed E-state index contributed by atoms with van der Waals surface area (Å²) in [4.78, 5) is 0. The van der Waals surface area contributed by atoms with Crippen molar-refractivity contribution in [2.75, 3.05) is 6.54 Å². The third kappa shape index (κ3) is 8.48. The molecule has 15 heavy (non-hydrogen) atoms. The summed E-state index contributed by atoms with van der Waals surface area (Å²) < 4.78 is 36.1. The Hall–Kier alpha value is -0.510. The van der Waals surface area contributed by atoms with Crippen molar-refractivity contribution in [3.8, 4) is 0 Å². The van der Waals surface area contributed by atoms with Gasteiger partial charge in [0.1, 0.15) is 0 Å². The van der Waals surface area contributed by atoms with Crippen molar-refractivity contribution in [2.24, 2.45) is 0 Å². The molecule has 0 fully saturated rings. The van der Waals surface area contributed by atoms with Crippen LogP contribution in [0.2, 0.25) is 0 Å². The first-order valence-electron chi connectivity index (χ1n) is 5.35. The Kier molecular flexibility index (Phi) is 6.65. The van der Waals surface area contributed by atoms with Crippen LogP contribution in [-0.4, -0.2) is 18.8 Å². The highest BCUT2D eigenvalue weighted by Gasteiger charge is 2.28. The zero-order valence-corrected chi connectivity index (χ0v) is 9.45. The molecule has 1 nitrogen and oxygen atoms in total. The Morgan fingerprint density at radius 1 is 1.33 bits per heavy atom. The smallest absolute Gasteiger partial charge is 0.314 e. The van der Waals surface area contributed by atoms with Crippen LogP contribution in [0.15, 0.2) is 12.2 Å². The molecule has 0 saturated heterocycles.